The van der Waals surface area contributed by atoms with Crippen molar-refractivity contribution in [1.29, 1.82) is 0 Å². The Morgan fingerprint density at radius 3 is 2.60 bits per heavy atom. The van der Waals surface area contributed by atoms with Gasteiger partial charge in [-0.3, -0.25) is 9.48 Å². The Hall–Kier alpha value is -1.32. The van der Waals surface area contributed by atoms with Crippen LogP contribution in [0.3, 0.4) is 0 Å². The highest BCUT2D eigenvalue weighted by molar-refractivity contribution is 5.76. The number of carbonyl (C=O) groups is 1. The minimum atomic E-state index is 0.117. The van der Waals surface area contributed by atoms with E-state index in [2.05, 4.69) is 30.3 Å². The Labute approximate surface area is 121 Å². The number of carbonyl (C=O) groups excluding carboxylic acids is 1. The van der Waals surface area contributed by atoms with Crippen molar-refractivity contribution in [3.63, 3.8) is 0 Å². The molecular formula is C16H27N3O. The summed E-state index contributed by atoms with van der Waals surface area (Å²) in [5.74, 6) is 0.974. The third kappa shape index (κ3) is 3.84. The number of aryl methyl sites for hydroxylation is 2. The Morgan fingerprint density at radius 1 is 1.40 bits per heavy atom. The van der Waals surface area contributed by atoms with E-state index < -0.39 is 0 Å². The average molecular weight is 277 g/mol. The number of rotatable bonds is 4. The molecule has 4 heteroatoms. The van der Waals surface area contributed by atoms with E-state index in [1.165, 1.54) is 12.8 Å². The third-order valence-corrected chi connectivity index (χ3v) is 4.32. The minimum absolute atomic E-state index is 0.117. The molecule has 1 aromatic rings. The first-order chi connectivity index (χ1) is 9.45. The summed E-state index contributed by atoms with van der Waals surface area (Å²) >= 11 is 0. The maximum Gasteiger partial charge on any atom is 0.222 e. The van der Waals surface area contributed by atoms with Gasteiger partial charge in [0.05, 0.1) is 11.7 Å². The zero-order valence-corrected chi connectivity index (χ0v) is 13.1. The summed E-state index contributed by atoms with van der Waals surface area (Å²) in [7, 11) is 0. The Kier molecular flexibility index (Phi) is 4.84. The number of aromatic nitrogens is 2. The first kappa shape index (κ1) is 15.1. The summed E-state index contributed by atoms with van der Waals surface area (Å²) in [5, 5.41) is 7.64. The van der Waals surface area contributed by atoms with E-state index in [-0.39, 0.29) is 11.9 Å². The number of amides is 1. The lowest BCUT2D eigenvalue weighted by atomic mass is 9.87. The second-order valence-corrected chi connectivity index (χ2v) is 6.45. The molecule has 0 unspecified atom stereocenters. The largest absolute Gasteiger partial charge is 0.353 e. The fraction of sp³-hybridized carbons (Fsp3) is 0.750. The standard InChI is InChI=1S/C16H27N3O/c1-11-5-7-15(8-6-11)17-16(20)10-14(4)19-13(3)9-12(2)18-19/h9,11,14-15H,5-8,10H2,1-4H3,(H,17,20)/t11?,14-,15?/m0/s1. The van der Waals surface area contributed by atoms with Crippen LogP contribution in [0.5, 0.6) is 0 Å². The molecule has 1 fully saturated rings. The van der Waals surface area contributed by atoms with Gasteiger partial charge in [0.25, 0.3) is 0 Å². The molecule has 1 atom stereocenters. The van der Waals surface area contributed by atoms with Gasteiger partial charge in [-0.1, -0.05) is 6.92 Å². The molecule has 0 radical (unpaired) electrons. The fourth-order valence-corrected chi connectivity index (χ4v) is 3.14. The molecule has 0 spiro atoms. The molecule has 0 saturated heterocycles. The van der Waals surface area contributed by atoms with Crippen molar-refractivity contribution in [1.82, 2.24) is 15.1 Å². The lowest BCUT2D eigenvalue weighted by Gasteiger charge is -2.27. The maximum atomic E-state index is 12.1. The van der Waals surface area contributed by atoms with Crippen molar-refractivity contribution in [2.24, 2.45) is 5.92 Å². The van der Waals surface area contributed by atoms with Crippen molar-refractivity contribution in [3.05, 3.63) is 17.5 Å². The van der Waals surface area contributed by atoms with Gasteiger partial charge < -0.3 is 5.32 Å². The molecule has 112 valence electrons. The Bertz CT molecular complexity index is 458. The summed E-state index contributed by atoms with van der Waals surface area (Å²) in [4.78, 5) is 12.1. The normalized spacial score (nSPS) is 24.4. The van der Waals surface area contributed by atoms with Crippen LogP contribution in [-0.4, -0.2) is 21.7 Å². The summed E-state index contributed by atoms with van der Waals surface area (Å²) in [6.07, 6.45) is 5.23. The first-order valence-electron chi connectivity index (χ1n) is 7.78. The summed E-state index contributed by atoms with van der Waals surface area (Å²) in [6.45, 7) is 8.38. The van der Waals surface area contributed by atoms with Crippen LogP contribution in [0, 0.1) is 19.8 Å². The van der Waals surface area contributed by atoms with Crippen LogP contribution in [-0.2, 0) is 4.79 Å². The van der Waals surface area contributed by atoms with Gasteiger partial charge in [0.2, 0.25) is 5.91 Å². The van der Waals surface area contributed by atoms with Gasteiger partial charge in [-0.25, -0.2) is 0 Å². The van der Waals surface area contributed by atoms with Crippen LogP contribution in [0.1, 0.15) is 63.4 Å². The van der Waals surface area contributed by atoms with Crippen LogP contribution in [0.15, 0.2) is 6.07 Å². The van der Waals surface area contributed by atoms with Gasteiger partial charge in [0.1, 0.15) is 0 Å². The summed E-state index contributed by atoms with van der Waals surface area (Å²) in [5.41, 5.74) is 2.13. The second kappa shape index (κ2) is 6.42. The first-order valence-corrected chi connectivity index (χ1v) is 7.78. The topological polar surface area (TPSA) is 46.9 Å². The van der Waals surface area contributed by atoms with Crippen molar-refractivity contribution < 1.29 is 4.79 Å². The highest BCUT2D eigenvalue weighted by atomic mass is 16.1. The van der Waals surface area contributed by atoms with Gasteiger partial charge in [-0.2, -0.15) is 5.10 Å². The molecule has 0 bridgehead atoms. The maximum absolute atomic E-state index is 12.1. The van der Waals surface area contributed by atoms with Crippen LogP contribution in [0.2, 0.25) is 0 Å². The number of nitrogens with zero attached hydrogens (tertiary/aromatic N) is 2. The van der Waals surface area contributed by atoms with Crippen LogP contribution in [0.4, 0.5) is 0 Å². The molecule has 1 saturated carbocycles. The average Bonchev–Trinajstić information content (AvgIpc) is 2.71. The van der Waals surface area contributed by atoms with E-state index in [0.717, 1.165) is 30.1 Å². The molecule has 0 aromatic carbocycles. The Balaban J connectivity index is 1.83. The van der Waals surface area contributed by atoms with Crippen molar-refractivity contribution in [3.8, 4) is 0 Å². The fourth-order valence-electron chi connectivity index (χ4n) is 3.14. The molecule has 20 heavy (non-hydrogen) atoms. The minimum Gasteiger partial charge on any atom is -0.353 e. The second-order valence-electron chi connectivity index (χ2n) is 6.45. The van der Waals surface area contributed by atoms with E-state index in [9.17, 15) is 4.79 Å². The SMILES string of the molecule is Cc1cc(C)n([C@@H](C)CC(=O)NC2CCC(C)CC2)n1. The van der Waals surface area contributed by atoms with Gasteiger partial charge in [-0.05, 0) is 58.4 Å². The summed E-state index contributed by atoms with van der Waals surface area (Å²) < 4.78 is 1.96. The highest BCUT2D eigenvalue weighted by Crippen LogP contribution is 2.23. The Morgan fingerprint density at radius 2 is 2.05 bits per heavy atom. The van der Waals surface area contributed by atoms with Gasteiger partial charge in [0, 0.05) is 18.2 Å². The van der Waals surface area contributed by atoms with Gasteiger partial charge >= 0.3 is 0 Å². The molecular weight excluding hydrogens is 250 g/mol. The molecule has 1 aromatic heterocycles. The summed E-state index contributed by atoms with van der Waals surface area (Å²) in [6, 6.07) is 2.55. The van der Waals surface area contributed by atoms with Gasteiger partial charge in [0.15, 0.2) is 0 Å². The monoisotopic (exact) mass is 277 g/mol. The molecule has 1 N–H and O–H groups in total. The lowest BCUT2D eigenvalue weighted by Crippen LogP contribution is -2.38. The smallest absolute Gasteiger partial charge is 0.222 e. The molecule has 1 amide bonds. The molecule has 1 aliphatic carbocycles. The third-order valence-electron chi connectivity index (χ3n) is 4.32. The lowest BCUT2D eigenvalue weighted by molar-refractivity contribution is -0.122. The van der Waals surface area contributed by atoms with E-state index in [1.807, 2.05) is 18.5 Å². The van der Waals surface area contributed by atoms with Crippen molar-refractivity contribution in [2.75, 3.05) is 0 Å². The number of hydrogen-bond donors (Lipinski definition) is 1. The van der Waals surface area contributed by atoms with E-state index in [0.29, 0.717) is 12.5 Å². The quantitative estimate of drug-likeness (QED) is 0.919. The molecule has 2 rings (SSSR count). The number of nitrogens with one attached hydrogen (secondary N) is 1. The molecule has 1 heterocycles. The zero-order chi connectivity index (χ0) is 14.7. The predicted octanol–water partition coefficient (Wildman–Crippen LogP) is 3.15. The molecule has 0 aliphatic heterocycles. The van der Waals surface area contributed by atoms with Crippen molar-refractivity contribution in [2.45, 2.75) is 71.9 Å². The molecule has 4 nitrogen and oxygen atoms in total. The van der Waals surface area contributed by atoms with Crippen LogP contribution < -0.4 is 5.32 Å². The number of hydrogen-bond acceptors (Lipinski definition) is 2. The molecule has 1 aliphatic rings. The van der Waals surface area contributed by atoms with Crippen molar-refractivity contribution >= 4 is 5.91 Å². The zero-order valence-electron chi connectivity index (χ0n) is 13.1. The van der Waals surface area contributed by atoms with E-state index >= 15 is 0 Å². The highest BCUT2D eigenvalue weighted by Gasteiger charge is 2.21. The predicted molar refractivity (Wildman–Crippen MR) is 80.6 cm³/mol. The van der Waals surface area contributed by atoms with E-state index in [4.69, 9.17) is 0 Å². The van der Waals surface area contributed by atoms with Gasteiger partial charge in [-0.15, -0.1) is 0 Å². The van der Waals surface area contributed by atoms with Crippen LogP contribution >= 0.6 is 0 Å². The van der Waals surface area contributed by atoms with Crippen LogP contribution in [0.25, 0.3) is 0 Å². The van der Waals surface area contributed by atoms with E-state index in [1.54, 1.807) is 0 Å².